The maximum atomic E-state index is 5.29. The standard InChI is InChI=1S/C9H9N3OS/c1-5-11-8(4-14-5)9-6-2-10-3-7(6)12-13-9/h4,10H,2-3H2,1H3. The van der Waals surface area contributed by atoms with Crippen molar-refractivity contribution in [1.29, 1.82) is 0 Å². The van der Waals surface area contributed by atoms with Gasteiger partial charge >= 0.3 is 0 Å². The van der Waals surface area contributed by atoms with E-state index < -0.39 is 0 Å². The Morgan fingerprint density at radius 1 is 1.50 bits per heavy atom. The minimum absolute atomic E-state index is 0.807. The van der Waals surface area contributed by atoms with Crippen molar-refractivity contribution < 1.29 is 4.52 Å². The normalized spacial score (nSPS) is 14.6. The van der Waals surface area contributed by atoms with E-state index >= 15 is 0 Å². The van der Waals surface area contributed by atoms with Crippen LogP contribution in [0.25, 0.3) is 11.5 Å². The number of nitrogens with one attached hydrogen (secondary N) is 1. The molecule has 72 valence electrons. The van der Waals surface area contributed by atoms with Crippen LogP contribution < -0.4 is 5.32 Å². The molecule has 3 heterocycles. The van der Waals surface area contributed by atoms with Crippen LogP contribution in [0.2, 0.25) is 0 Å². The second-order valence-corrected chi connectivity index (χ2v) is 4.35. The Morgan fingerprint density at radius 2 is 2.43 bits per heavy atom. The van der Waals surface area contributed by atoms with Crippen LogP contribution in [0, 0.1) is 6.92 Å². The number of rotatable bonds is 1. The number of fused-ring (bicyclic) bond motifs is 1. The topological polar surface area (TPSA) is 51.0 Å². The molecular weight excluding hydrogens is 198 g/mol. The zero-order valence-electron chi connectivity index (χ0n) is 7.70. The van der Waals surface area contributed by atoms with Crippen LogP contribution in [-0.4, -0.2) is 10.1 Å². The third-order valence-corrected chi connectivity index (χ3v) is 3.09. The van der Waals surface area contributed by atoms with Gasteiger partial charge in [0, 0.05) is 24.0 Å². The van der Waals surface area contributed by atoms with Gasteiger partial charge in [-0.3, -0.25) is 0 Å². The number of hydrogen-bond acceptors (Lipinski definition) is 5. The van der Waals surface area contributed by atoms with Crippen LogP contribution in [0.1, 0.15) is 16.3 Å². The molecule has 2 aromatic rings. The van der Waals surface area contributed by atoms with Gasteiger partial charge in [0.2, 0.25) is 0 Å². The first-order chi connectivity index (χ1) is 6.84. The van der Waals surface area contributed by atoms with E-state index in [4.69, 9.17) is 4.52 Å². The fraction of sp³-hybridized carbons (Fsp3) is 0.333. The van der Waals surface area contributed by atoms with Crippen LogP contribution >= 0.6 is 11.3 Å². The molecule has 1 aliphatic heterocycles. The Balaban J connectivity index is 2.12. The van der Waals surface area contributed by atoms with Gasteiger partial charge in [-0.2, -0.15) is 0 Å². The summed E-state index contributed by atoms with van der Waals surface area (Å²) in [5, 5.41) is 10.3. The lowest BCUT2D eigenvalue weighted by Gasteiger charge is -1.92. The minimum atomic E-state index is 0.807. The summed E-state index contributed by atoms with van der Waals surface area (Å²) in [6.45, 7) is 3.63. The van der Waals surface area contributed by atoms with Crippen molar-refractivity contribution in [2.24, 2.45) is 0 Å². The monoisotopic (exact) mass is 207 g/mol. The van der Waals surface area contributed by atoms with E-state index in [1.54, 1.807) is 11.3 Å². The summed E-state index contributed by atoms with van der Waals surface area (Å²) in [6, 6.07) is 0. The molecule has 0 amide bonds. The van der Waals surface area contributed by atoms with E-state index in [2.05, 4.69) is 15.5 Å². The lowest BCUT2D eigenvalue weighted by Crippen LogP contribution is -2.01. The predicted molar refractivity (Wildman–Crippen MR) is 52.9 cm³/mol. The molecule has 4 nitrogen and oxygen atoms in total. The number of aromatic nitrogens is 2. The van der Waals surface area contributed by atoms with Crippen molar-refractivity contribution in [3.63, 3.8) is 0 Å². The molecule has 1 aliphatic rings. The van der Waals surface area contributed by atoms with Gasteiger partial charge in [0.25, 0.3) is 0 Å². The number of thiazole rings is 1. The molecule has 0 bridgehead atoms. The predicted octanol–water partition coefficient (Wildman–Crippen LogP) is 1.71. The molecule has 14 heavy (non-hydrogen) atoms. The first kappa shape index (κ1) is 8.14. The maximum absolute atomic E-state index is 5.29. The van der Waals surface area contributed by atoms with Gasteiger partial charge in [0.1, 0.15) is 11.4 Å². The summed E-state index contributed by atoms with van der Waals surface area (Å²) in [7, 11) is 0. The van der Waals surface area contributed by atoms with E-state index in [1.165, 1.54) is 0 Å². The number of hydrogen-bond donors (Lipinski definition) is 1. The highest BCUT2D eigenvalue weighted by molar-refractivity contribution is 7.09. The van der Waals surface area contributed by atoms with E-state index in [0.717, 1.165) is 40.8 Å². The average Bonchev–Trinajstić information content (AvgIpc) is 2.77. The summed E-state index contributed by atoms with van der Waals surface area (Å²) < 4.78 is 5.29. The molecule has 0 fully saturated rings. The lowest BCUT2D eigenvalue weighted by atomic mass is 10.2. The molecule has 1 N–H and O–H groups in total. The van der Waals surface area contributed by atoms with Crippen LogP contribution in [0.4, 0.5) is 0 Å². The third-order valence-electron chi connectivity index (χ3n) is 2.32. The molecule has 0 radical (unpaired) electrons. The molecule has 0 saturated carbocycles. The molecule has 0 aromatic carbocycles. The van der Waals surface area contributed by atoms with Gasteiger partial charge in [-0.25, -0.2) is 4.98 Å². The highest BCUT2D eigenvalue weighted by Gasteiger charge is 2.22. The molecule has 0 atom stereocenters. The largest absolute Gasteiger partial charge is 0.354 e. The minimum Gasteiger partial charge on any atom is -0.354 e. The number of aryl methyl sites for hydroxylation is 1. The quantitative estimate of drug-likeness (QED) is 0.773. The van der Waals surface area contributed by atoms with Crippen LogP contribution in [0.15, 0.2) is 9.90 Å². The molecule has 0 saturated heterocycles. The number of nitrogens with zero attached hydrogens (tertiary/aromatic N) is 2. The van der Waals surface area contributed by atoms with E-state index in [-0.39, 0.29) is 0 Å². The van der Waals surface area contributed by atoms with E-state index in [9.17, 15) is 0 Å². The molecule has 0 unspecified atom stereocenters. The van der Waals surface area contributed by atoms with Gasteiger partial charge in [-0.1, -0.05) is 5.16 Å². The summed E-state index contributed by atoms with van der Waals surface area (Å²) >= 11 is 1.63. The Bertz CT molecular complexity index is 474. The summed E-state index contributed by atoms with van der Waals surface area (Å²) in [6.07, 6.45) is 0. The van der Waals surface area contributed by atoms with Gasteiger partial charge < -0.3 is 9.84 Å². The van der Waals surface area contributed by atoms with Crippen molar-refractivity contribution in [2.45, 2.75) is 20.0 Å². The molecule has 5 heteroatoms. The summed E-state index contributed by atoms with van der Waals surface area (Å²) in [4.78, 5) is 4.39. The first-order valence-electron chi connectivity index (χ1n) is 4.45. The van der Waals surface area contributed by atoms with E-state index in [1.807, 2.05) is 12.3 Å². The molecule has 0 aliphatic carbocycles. The zero-order chi connectivity index (χ0) is 9.54. The van der Waals surface area contributed by atoms with Crippen molar-refractivity contribution >= 4 is 11.3 Å². The van der Waals surface area contributed by atoms with Crippen molar-refractivity contribution in [2.75, 3.05) is 0 Å². The van der Waals surface area contributed by atoms with Gasteiger partial charge in [-0.15, -0.1) is 11.3 Å². The Morgan fingerprint density at radius 3 is 3.21 bits per heavy atom. The average molecular weight is 207 g/mol. The zero-order valence-corrected chi connectivity index (χ0v) is 8.52. The SMILES string of the molecule is Cc1nc(-c2onc3c2CNC3)cs1. The second kappa shape index (κ2) is 2.90. The smallest absolute Gasteiger partial charge is 0.190 e. The Kier molecular flexibility index (Phi) is 1.68. The fourth-order valence-electron chi connectivity index (χ4n) is 1.64. The van der Waals surface area contributed by atoms with Crippen molar-refractivity contribution in [3.05, 3.63) is 21.6 Å². The second-order valence-electron chi connectivity index (χ2n) is 3.29. The van der Waals surface area contributed by atoms with Crippen LogP contribution in [0.3, 0.4) is 0 Å². The fourth-order valence-corrected chi connectivity index (χ4v) is 2.23. The summed E-state index contributed by atoms with van der Waals surface area (Å²) in [5.41, 5.74) is 3.09. The molecule has 2 aromatic heterocycles. The molecular formula is C9H9N3OS. The van der Waals surface area contributed by atoms with Crippen LogP contribution in [0.5, 0.6) is 0 Å². The highest BCUT2D eigenvalue weighted by atomic mass is 32.1. The summed E-state index contributed by atoms with van der Waals surface area (Å²) in [5.74, 6) is 0.828. The van der Waals surface area contributed by atoms with Gasteiger partial charge in [0.15, 0.2) is 5.76 Å². The van der Waals surface area contributed by atoms with E-state index in [0.29, 0.717) is 0 Å². The highest BCUT2D eigenvalue weighted by Crippen LogP contribution is 2.29. The van der Waals surface area contributed by atoms with Crippen molar-refractivity contribution in [3.8, 4) is 11.5 Å². The van der Waals surface area contributed by atoms with Gasteiger partial charge in [-0.05, 0) is 6.92 Å². The lowest BCUT2D eigenvalue weighted by molar-refractivity contribution is 0.416. The maximum Gasteiger partial charge on any atom is 0.190 e. The van der Waals surface area contributed by atoms with Crippen LogP contribution in [-0.2, 0) is 13.1 Å². The first-order valence-corrected chi connectivity index (χ1v) is 5.33. The Hall–Kier alpha value is -1.20. The van der Waals surface area contributed by atoms with Gasteiger partial charge in [0.05, 0.1) is 5.01 Å². The third kappa shape index (κ3) is 1.09. The molecule has 3 rings (SSSR count). The van der Waals surface area contributed by atoms with Crippen molar-refractivity contribution in [1.82, 2.24) is 15.5 Å². The molecule has 0 spiro atoms. The Labute approximate surface area is 85.0 Å².